The molecule has 0 saturated heterocycles. The maximum Gasteiger partial charge on any atom is 0.304 e. The molecular weight excluding hydrogens is 235 g/mol. The van der Waals surface area contributed by atoms with Crippen molar-refractivity contribution in [3.05, 3.63) is 70.0 Å². The molecular formula is C13H11FN2O2. The molecule has 0 aliphatic rings. The molecule has 1 N–H and O–H groups in total. The average Bonchev–Trinajstić information content (AvgIpc) is 2.37. The minimum Gasteiger partial charge on any atom is -0.381 e. The summed E-state index contributed by atoms with van der Waals surface area (Å²) in [6.45, 7) is 0.540. The number of nitrogens with zero attached hydrogens (tertiary/aromatic N) is 1. The standard InChI is InChI=1S/C13H11FN2O2/c14-12-8-11(6-7-13(12)16(17)18)15-9-10-4-2-1-3-5-10/h1-8,15H,9H2. The fraction of sp³-hybridized carbons (Fsp3) is 0.0769. The molecule has 0 spiro atoms. The summed E-state index contributed by atoms with van der Waals surface area (Å²) >= 11 is 0. The molecule has 0 aromatic heterocycles. The fourth-order valence-corrected chi connectivity index (χ4v) is 1.56. The van der Waals surface area contributed by atoms with Crippen LogP contribution in [0.3, 0.4) is 0 Å². The van der Waals surface area contributed by atoms with Gasteiger partial charge in [-0.1, -0.05) is 30.3 Å². The van der Waals surface area contributed by atoms with E-state index in [1.54, 1.807) is 0 Å². The van der Waals surface area contributed by atoms with Crippen LogP contribution in [0.2, 0.25) is 0 Å². The molecule has 0 heterocycles. The summed E-state index contributed by atoms with van der Waals surface area (Å²) in [5, 5.41) is 13.5. The lowest BCUT2D eigenvalue weighted by Gasteiger charge is -2.06. The highest BCUT2D eigenvalue weighted by molar-refractivity contribution is 5.49. The van der Waals surface area contributed by atoms with Gasteiger partial charge in [0.25, 0.3) is 0 Å². The topological polar surface area (TPSA) is 55.2 Å². The largest absolute Gasteiger partial charge is 0.381 e. The zero-order chi connectivity index (χ0) is 13.0. The second-order valence-corrected chi connectivity index (χ2v) is 3.76. The van der Waals surface area contributed by atoms with E-state index in [1.165, 1.54) is 6.07 Å². The van der Waals surface area contributed by atoms with E-state index < -0.39 is 16.4 Å². The minimum atomic E-state index is -0.835. The fourth-order valence-electron chi connectivity index (χ4n) is 1.56. The molecule has 0 unspecified atom stereocenters. The lowest BCUT2D eigenvalue weighted by Crippen LogP contribution is -2.00. The zero-order valence-electron chi connectivity index (χ0n) is 9.47. The average molecular weight is 246 g/mol. The first-order valence-electron chi connectivity index (χ1n) is 5.38. The summed E-state index contributed by atoms with van der Waals surface area (Å²) in [6.07, 6.45) is 0. The van der Waals surface area contributed by atoms with Gasteiger partial charge >= 0.3 is 5.69 Å². The van der Waals surface area contributed by atoms with Crippen molar-refractivity contribution in [2.24, 2.45) is 0 Å². The molecule has 0 amide bonds. The molecule has 0 bridgehead atoms. The highest BCUT2D eigenvalue weighted by Gasteiger charge is 2.13. The second kappa shape index (κ2) is 5.27. The van der Waals surface area contributed by atoms with Crippen LogP contribution < -0.4 is 5.32 Å². The number of nitrogens with one attached hydrogen (secondary N) is 1. The normalized spacial score (nSPS) is 10.1. The van der Waals surface area contributed by atoms with Crippen LogP contribution in [0.4, 0.5) is 15.8 Å². The van der Waals surface area contributed by atoms with Gasteiger partial charge in [0.1, 0.15) is 0 Å². The van der Waals surface area contributed by atoms with Gasteiger partial charge in [-0.05, 0) is 11.6 Å². The van der Waals surface area contributed by atoms with E-state index in [0.717, 1.165) is 17.7 Å². The number of hydrogen-bond donors (Lipinski definition) is 1. The van der Waals surface area contributed by atoms with E-state index >= 15 is 0 Å². The first-order valence-corrected chi connectivity index (χ1v) is 5.38. The first-order chi connectivity index (χ1) is 8.66. The molecule has 92 valence electrons. The van der Waals surface area contributed by atoms with Gasteiger partial charge in [0.15, 0.2) is 0 Å². The van der Waals surface area contributed by atoms with Crippen LogP contribution in [-0.4, -0.2) is 4.92 Å². The van der Waals surface area contributed by atoms with Crippen molar-refractivity contribution < 1.29 is 9.31 Å². The van der Waals surface area contributed by atoms with Crippen LogP contribution >= 0.6 is 0 Å². The van der Waals surface area contributed by atoms with E-state index in [2.05, 4.69) is 5.32 Å². The van der Waals surface area contributed by atoms with E-state index in [4.69, 9.17) is 0 Å². The van der Waals surface area contributed by atoms with Gasteiger partial charge in [-0.15, -0.1) is 0 Å². The Morgan fingerprint density at radius 1 is 1.17 bits per heavy atom. The summed E-state index contributed by atoms with van der Waals surface area (Å²) in [5.41, 5.74) is 1.05. The summed E-state index contributed by atoms with van der Waals surface area (Å²) in [5.74, 6) is -0.835. The quantitative estimate of drug-likeness (QED) is 0.664. The molecule has 2 aromatic rings. The molecule has 2 rings (SSSR count). The molecule has 0 aliphatic heterocycles. The van der Waals surface area contributed by atoms with Crippen molar-refractivity contribution in [1.29, 1.82) is 0 Å². The molecule has 2 aromatic carbocycles. The van der Waals surface area contributed by atoms with Gasteiger partial charge in [0.05, 0.1) is 4.92 Å². The number of nitro groups is 1. The van der Waals surface area contributed by atoms with E-state index in [9.17, 15) is 14.5 Å². The lowest BCUT2D eigenvalue weighted by atomic mass is 10.2. The van der Waals surface area contributed by atoms with Crippen LogP contribution in [0.5, 0.6) is 0 Å². The number of benzene rings is 2. The molecule has 0 fully saturated rings. The third kappa shape index (κ3) is 2.82. The smallest absolute Gasteiger partial charge is 0.304 e. The van der Waals surface area contributed by atoms with E-state index in [-0.39, 0.29) is 0 Å². The highest BCUT2D eigenvalue weighted by atomic mass is 19.1. The zero-order valence-corrected chi connectivity index (χ0v) is 9.47. The van der Waals surface area contributed by atoms with E-state index in [1.807, 2.05) is 30.3 Å². The Morgan fingerprint density at radius 3 is 2.50 bits per heavy atom. The van der Waals surface area contributed by atoms with Crippen molar-refractivity contribution in [2.45, 2.75) is 6.54 Å². The predicted molar refractivity (Wildman–Crippen MR) is 66.8 cm³/mol. The molecule has 18 heavy (non-hydrogen) atoms. The highest BCUT2D eigenvalue weighted by Crippen LogP contribution is 2.21. The van der Waals surface area contributed by atoms with Gasteiger partial charge in [-0.2, -0.15) is 4.39 Å². The third-order valence-corrected chi connectivity index (χ3v) is 2.48. The van der Waals surface area contributed by atoms with Crippen LogP contribution in [0, 0.1) is 15.9 Å². The van der Waals surface area contributed by atoms with Gasteiger partial charge in [-0.3, -0.25) is 10.1 Å². The summed E-state index contributed by atoms with van der Waals surface area (Å²) < 4.78 is 13.3. The monoisotopic (exact) mass is 246 g/mol. The molecule has 5 heteroatoms. The summed E-state index contributed by atoms with van der Waals surface area (Å²) in [4.78, 5) is 9.72. The van der Waals surface area contributed by atoms with Gasteiger partial charge in [0, 0.05) is 24.4 Å². The second-order valence-electron chi connectivity index (χ2n) is 3.76. The van der Waals surface area contributed by atoms with Crippen molar-refractivity contribution in [3.8, 4) is 0 Å². The third-order valence-electron chi connectivity index (χ3n) is 2.48. The Bertz CT molecular complexity index is 558. The van der Waals surface area contributed by atoms with Gasteiger partial charge < -0.3 is 5.32 Å². The molecule has 0 saturated carbocycles. The maximum atomic E-state index is 13.3. The Balaban J connectivity index is 2.07. The molecule has 0 aliphatic carbocycles. The number of anilines is 1. The lowest BCUT2D eigenvalue weighted by molar-refractivity contribution is -0.387. The number of nitro benzene ring substituents is 1. The Morgan fingerprint density at radius 2 is 1.89 bits per heavy atom. The van der Waals surface area contributed by atoms with Crippen LogP contribution in [-0.2, 0) is 6.54 Å². The molecule has 0 radical (unpaired) electrons. The maximum absolute atomic E-state index is 13.3. The Labute approximate surface area is 103 Å². The Hall–Kier alpha value is -2.43. The summed E-state index contributed by atoms with van der Waals surface area (Å²) in [7, 11) is 0. The Kier molecular flexibility index (Phi) is 3.52. The molecule has 0 atom stereocenters. The van der Waals surface area contributed by atoms with Gasteiger partial charge in [0.2, 0.25) is 5.82 Å². The molecule has 4 nitrogen and oxygen atoms in total. The SMILES string of the molecule is O=[N+]([O-])c1ccc(NCc2ccccc2)cc1F. The van der Waals surface area contributed by atoms with Crippen molar-refractivity contribution in [1.82, 2.24) is 0 Å². The number of hydrogen-bond acceptors (Lipinski definition) is 3. The predicted octanol–water partition coefficient (Wildman–Crippen LogP) is 3.35. The van der Waals surface area contributed by atoms with Crippen molar-refractivity contribution in [3.63, 3.8) is 0 Å². The van der Waals surface area contributed by atoms with Crippen molar-refractivity contribution >= 4 is 11.4 Å². The van der Waals surface area contributed by atoms with Crippen molar-refractivity contribution in [2.75, 3.05) is 5.32 Å². The van der Waals surface area contributed by atoms with E-state index in [0.29, 0.717) is 12.2 Å². The van der Waals surface area contributed by atoms with Crippen LogP contribution in [0.15, 0.2) is 48.5 Å². The van der Waals surface area contributed by atoms with Crippen LogP contribution in [0.1, 0.15) is 5.56 Å². The number of rotatable bonds is 4. The van der Waals surface area contributed by atoms with Crippen LogP contribution in [0.25, 0.3) is 0 Å². The van der Waals surface area contributed by atoms with Gasteiger partial charge in [-0.25, -0.2) is 0 Å². The number of halogens is 1. The first kappa shape index (κ1) is 12.0. The minimum absolute atomic E-state index is 0.514. The summed E-state index contributed by atoms with van der Waals surface area (Å²) in [6, 6.07) is 13.4.